The summed E-state index contributed by atoms with van der Waals surface area (Å²) in [6, 6.07) is 12.0. The van der Waals surface area contributed by atoms with Crippen molar-refractivity contribution in [1.82, 2.24) is 0 Å². The Morgan fingerprint density at radius 1 is 0.800 bits per heavy atom. The third kappa shape index (κ3) is 3.40. The van der Waals surface area contributed by atoms with Crippen LogP contribution in [0.2, 0.25) is 0 Å². The zero-order valence-corrected chi connectivity index (χ0v) is 18.0. The van der Waals surface area contributed by atoms with Gasteiger partial charge in [0.1, 0.15) is 0 Å². The summed E-state index contributed by atoms with van der Waals surface area (Å²) in [5.74, 6) is 0. The van der Waals surface area contributed by atoms with Crippen molar-refractivity contribution in [2.45, 2.75) is 90.4 Å². The van der Waals surface area contributed by atoms with Crippen LogP contribution in [-0.2, 0) is 12.8 Å². The van der Waals surface area contributed by atoms with Gasteiger partial charge in [-0.05, 0) is 63.2 Å². The van der Waals surface area contributed by atoms with Crippen LogP contribution in [0, 0.1) is 0 Å². The lowest BCUT2D eigenvalue weighted by atomic mass is 10.0. The molecule has 0 unspecified atom stereocenters. The maximum atomic E-state index is 2.53. The van der Waals surface area contributed by atoms with Gasteiger partial charge in [-0.15, -0.1) is 0 Å². The summed E-state index contributed by atoms with van der Waals surface area (Å²) >= 11 is 0. The Kier molecular flexibility index (Phi) is 5.32. The van der Waals surface area contributed by atoms with E-state index in [0.717, 1.165) is 0 Å². The van der Waals surface area contributed by atoms with Gasteiger partial charge in [0.05, 0.1) is 0 Å². The highest BCUT2D eigenvalue weighted by Crippen LogP contribution is 2.62. The SMILES string of the molecule is CCCC(C)(C)P(c1ccc2c3c(cccc13)CC2)C(C)(C)CCC. The third-order valence-corrected chi connectivity index (χ3v) is 9.77. The maximum absolute atomic E-state index is 2.53. The van der Waals surface area contributed by atoms with Crippen LogP contribution in [0.1, 0.15) is 78.4 Å². The molecule has 0 radical (unpaired) electrons. The molecule has 0 heterocycles. The summed E-state index contributed by atoms with van der Waals surface area (Å²) in [6.45, 7) is 14.8. The van der Waals surface area contributed by atoms with Gasteiger partial charge < -0.3 is 0 Å². The molecule has 2 aromatic carbocycles. The van der Waals surface area contributed by atoms with Gasteiger partial charge in [-0.3, -0.25) is 0 Å². The molecule has 0 bridgehead atoms. The molecule has 1 heteroatoms. The third-order valence-electron chi connectivity index (χ3n) is 6.03. The molecule has 136 valence electrons. The van der Waals surface area contributed by atoms with Crippen molar-refractivity contribution >= 4 is 24.0 Å². The number of aryl methyl sites for hydroxylation is 2. The first kappa shape index (κ1) is 18.9. The average Bonchev–Trinajstić information content (AvgIpc) is 2.94. The smallest absolute Gasteiger partial charge is 0.0101 e. The van der Waals surface area contributed by atoms with E-state index in [1.54, 1.807) is 27.2 Å². The second kappa shape index (κ2) is 7.03. The normalized spacial score (nSPS) is 14.7. The van der Waals surface area contributed by atoms with Crippen molar-refractivity contribution in [1.29, 1.82) is 0 Å². The zero-order valence-electron chi connectivity index (χ0n) is 17.1. The molecule has 0 atom stereocenters. The lowest BCUT2D eigenvalue weighted by Crippen LogP contribution is -2.35. The fraction of sp³-hybridized carbons (Fsp3) is 0.583. The van der Waals surface area contributed by atoms with Crippen LogP contribution in [0.4, 0.5) is 0 Å². The summed E-state index contributed by atoms with van der Waals surface area (Å²) in [7, 11) is -0.251. The minimum absolute atomic E-state index is 0.251. The maximum Gasteiger partial charge on any atom is -0.0101 e. The molecule has 3 rings (SSSR count). The molecule has 0 nitrogen and oxygen atoms in total. The Morgan fingerprint density at radius 3 is 1.92 bits per heavy atom. The molecule has 0 spiro atoms. The van der Waals surface area contributed by atoms with E-state index >= 15 is 0 Å². The summed E-state index contributed by atoms with van der Waals surface area (Å²) in [5.41, 5.74) is 3.15. The van der Waals surface area contributed by atoms with Crippen LogP contribution < -0.4 is 5.30 Å². The van der Waals surface area contributed by atoms with E-state index in [1.807, 2.05) is 0 Å². The van der Waals surface area contributed by atoms with Crippen LogP contribution in [0.15, 0.2) is 30.3 Å². The molecular weight excluding hydrogens is 319 g/mol. The Labute approximate surface area is 156 Å². The van der Waals surface area contributed by atoms with Gasteiger partial charge in [0, 0.05) is 0 Å². The predicted octanol–water partition coefficient (Wildman–Crippen LogP) is 7.20. The van der Waals surface area contributed by atoms with Crippen LogP contribution in [0.3, 0.4) is 0 Å². The summed E-state index contributed by atoms with van der Waals surface area (Å²) in [6.07, 6.45) is 7.63. The van der Waals surface area contributed by atoms with E-state index in [1.165, 1.54) is 38.5 Å². The van der Waals surface area contributed by atoms with Gasteiger partial charge in [0.25, 0.3) is 0 Å². The van der Waals surface area contributed by atoms with Crippen molar-refractivity contribution in [3.63, 3.8) is 0 Å². The largest absolute Gasteiger partial charge is 0.0653 e. The topological polar surface area (TPSA) is 0 Å². The Bertz CT molecular complexity index is 726. The van der Waals surface area contributed by atoms with Crippen molar-refractivity contribution in [3.05, 3.63) is 41.5 Å². The van der Waals surface area contributed by atoms with Gasteiger partial charge in [0.2, 0.25) is 0 Å². The van der Waals surface area contributed by atoms with Crippen molar-refractivity contribution in [2.24, 2.45) is 0 Å². The first-order valence-electron chi connectivity index (χ1n) is 10.2. The van der Waals surface area contributed by atoms with E-state index < -0.39 is 0 Å². The highest BCUT2D eigenvalue weighted by molar-refractivity contribution is 7.69. The van der Waals surface area contributed by atoms with E-state index in [2.05, 4.69) is 71.9 Å². The van der Waals surface area contributed by atoms with Gasteiger partial charge in [-0.25, -0.2) is 0 Å². The van der Waals surface area contributed by atoms with Crippen LogP contribution in [0.5, 0.6) is 0 Å². The Hall–Kier alpha value is -0.870. The van der Waals surface area contributed by atoms with Gasteiger partial charge in [-0.1, -0.05) is 92.6 Å². The molecule has 0 aliphatic heterocycles. The predicted molar refractivity (Wildman–Crippen MR) is 116 cm³/mol. The van der Waals surface area contributed by atoms with Gasteiger partial charge in [0.15, 0.2) is 0 Å². The zero-order chi connectivity index (χ0) is 18.2. The number of rotatable bonds is 7. The Balaban J connectivity index is 2.23. The second-order valence-corrected chi connectivity index (χ2v) is 12.6. The standard InChI is InChI=1S/C24H35P/c1-7-16-23(3,4)25(24(5,6)17-8-2)21-15-14-19-13-12-18-10-9-11-20(21)22(18)19/h9-11,14-15H,7-8,12-13,16-17H2,1-6H3. The van der Waals surface area contributed by atoms with Crippen molar-refractivity contribution in [2.75, 3.05) is 0 Å². The fourth-order valence-electron chi connectivity index (χ4n) is 5.35. The Morgan fingerprint density at radius 2 is 1.36 bits per heavy atom. The quantitative estimate of drug-likeness (QED) is 0.461. The van der Waals surface area contributed by atoms with E-state index in [9.17, 15) is 0 Å². The summed E-state index contributed by atoms with van der Waals surface area (Å²) in [4.78, 5) is 0. The van der Waals surface area contributed by atoms with Gasteiger partial charge >= 0.3 is 0 Å². The molecule has 0 aromatic heterocycles. The number of hydrogen-bond donors (Lipinski definition) is 0. The minimum atomic E-state index is -0.251. The molecular formula is C24H35P. The molecule has 0 saturated carbocycles. The molecule has 0 saturated heterocycles. The molecule has 25 heavy (non-hydrogen) atoms. The summed E-state index contributed by atoms with van der Waals surface area (Å²) in [5, 5.41) is 5.57. The molecule has 0 fully saturated rings. The first-order valence-corrected chi connectivity index (χ1v) is 11.5. The highest BCUT2D eigenvalue weighted by atomic mass is 31.1. The molecule has 1 aliphatic carbocycles. The lowest BCUT2D eigenvalue weighted by molar-refractivity contribution is 0.563. The molecule has 0 amide bonds. The van der Waals surface area contributed by atoms with Gasteiger partial charge in [-0.2, -0.15) is 0 Å². The molecule has 1 aliphatic rings. The van der Waals surface area contributed by atoms with E-state index in [4.69, 9.17) is 0 Å². The summed E-state index contributed by atoms with van der Waals surface area (Å²) < 4.78 is 0. The minimum Gasteiger partial charge on any atom is -0.0653 e. The molecule has 0 N–H and O–H groups in total. The van der Waals surface area contributed by atoms with Crippen LogP contribution in [-0.4, -0.2) is 10.3 Å². The first-order chi connectivity index (χ1) is 11.8. The average molecular weight is 355 g/mol. The van der Waals surface area contributed by atoms with Crippen LogP contribution in [0.25, 0.3) is 10.8 Å². The highest BCUT2D eigenvalue weighted by Gasteiger charge is 2.41. The second-order valence-electron chi connectivity index (χ2n) is 9.04. The fourth-order valence-corrected chi connectivity index (χ4v) is 9.83. The van der Waals surface area contributed by atoms with Crippen molar-refractivity contribution in [3.8, 4) is 0 Å². The van der Waals surface area contributed by atoms with Crippen molar-refractivity contribution < 1.29 is 0 Å². The lowest BCUT2D eigenvalue weighted by Gasteiger charge is -2.46. The van der Waals surface area contributed by atoms with E-state index in [0.29, 0.717) is 10.3 Å². The number of benzene rings is 2. The molecule has 2 aromatic rings. The monoisotopic (exact) mass is 354 g/mol. The number of hydrogen-bond acceptors (Lipinski definition) is 0. The van der Waals surface area contributed by atoms with E-state index in [-0.39, 0.29) is 7.92 Å². The van der Waals surface area contributed by atoms with Crippen LogP contribution >= 0.6 is 7.92 Å².